The molecule has 0 aromatic heterocycles. The number of carbonyl (C=O) groups is 2. The van der Waals surface area contributed by atoms with Gasteiger partial charge in [0.2, 0.25) is 15.9 Å². The molecule has 33 heavy (non-hydrogen) atoms. The number of hydrogen-bond donors (Lipinski definition) is 3. The highest BCUT2D eigenvalue weighted by Crippen LogP contribution is 2.22. The highest BCUT2D eigenvalue weighted by Gasteiger charge is 2.14. The SMILES string of the molecule is CCC(=O)Nc1ccc(C(=O)NCCNS(=O)(=O)c2ccc(Oc3ccccc3)cc2)cc1. The van der Waals surface area contributed by atoms with Gasteiger partial charge in [0.25, 0.3) is 5.91 Å². The van der Waals surface area contributed by atoms with Crippen LogP contribution in [0.4, 0.5) is 5.69 Å². The predicted molar refractivity (Wildman–Crippen MR) is 126 cm³/mol. The lowest BCUT2D eigenvalue weighted by atomic mass is 10.2. The molecule has 0 saturated heterocycles. The Hall–Kier alpha value is -3.69. The Labute approximate surface area is 193 Å². The molecule has 0 heterocycles. The number of nitrogens with one attached hydrogen (secondary N) is 3. The van der Waals surface area contributed by atoms with Gasteiger partial charge >= 0.3 is 0 Å². The Morgan fingerprint density at radius 3 is 2.09 bits per heavy atom. The second kappa shape index (κ2) is 11.3. The van der Waals surface area contributed by atoms with Gasteiger partial charge in [-0.1, -0.05) is 25.1 Å². The molecule has 3 N–H and O–H groups in total. The number of ether oxygens (including phenoxy) is 1. The molecule has 0 radical (unpaired) electrons. The first kappa shape index (κ1) is 24.0. The number of amides is 2. The van der Waals surface area contributed by atoms with Crippen LogP contribution >= 0.6 is 0 Å². The van der Waals surface area contributed by atoms with Crippen molar-refractivity contribution in [2.24, 2.45) is 0 Å². The largest absolute Gasteiger partial charge is 0.457 e. The summed E-state index contributed by atoms with van der Waals surface area (Å²) in [6.07, 6.45) is 0.365. The molecular formula is C24H25N3O5S. The highest BCUT2D eigenvalue weighted by molar-refractivity contribution is 7.89. The summed E-state index contributed by atoms with van der Waals surface area (Å²) < 4.78 is 33.1. The fourth-order valence-corrected chi connectivity index (χ4v) is 3.84. The van der Waals surface area contributed by atoms with Crippen molar-refractivity contribution in [3.63, 3.8) is 0 Å². The van der Waals surface area contributed by atoms with Crippen molar-refractivity contribution >= 4 is 27.5 Å². The van der Waals surface area contributed by atoms with E-state index in [4.69, 9.17) is 4.74 Å². The smallest absolute Gasteiger partial charge is 0.251 e. The van der Waals surface area contributed by atoms with Crippen molar-refractivity contribution in [2.45, 2.75) is 18.2 Å². The number of sulfonamides is 1. The molecule has 0 fully saturated rings. The second-order valence-electron chi connectivity index (χ2n) is 7.02. The van der Waals surface area contributed by atoms with E-state index in [0.29, 0.717) is 29.2 Å². The predicted octanol–water partition coefficient (Wildman–Crippen LogP) is 3.54. The first-order chi connectivity index (χ1) is 15.9. The van der Waals surface area contributed by atoms with Crippen molar-refractivity contribution in [1.82, 2.24) is 10.0 Å². The van der Waals surface area contributed by atoms with Crippen LogP contribution in [0.3, 0.4) is 0 Å². The molecule has 172 valence electrons. The third kappa shape index (κ3) is 7.16. The lowest BCUT2D eigenvalue weighted by molar-refractivity contribution is -0.115. The molecule has 0 aliphatic heterocycles. The maximum absolute atomic E-state index is 12.5. The van der Waals surface area contributed by atoms with E-state index in [9.17, 15) is 18.0 Å². The average Bonchev–Trinajstić information content (AvgIpc) is 2.83. The first-order valence-electron chi connectivity index (χ1n) is 10.4. The average molecular weight is 468 g/mol. The summed E-state index contributed by atoms with van der Waals surface area (Å²) in [7, 11) is -3.73. The molecular weight excluding hydrogens is 442 g/mol. The van der Waals surface area contributed by atoms with E-state index in [2.05, 4.69) is 15.4 Å². The summed E-state index contributed by atoms with van der Waals surface area (Å²) in [4.78, 5) is 23.7. The second-order valence-corrected chi connectivity index (χ2v) is 8.79. The molecule has 3 aromatic carbocycles. The zero-order valence-electron chi connectivity index (χ0n) is 18.1. The maximum atomic E-state index is 12.5. The van der Waals surface area contributed by atoms with Crippen molar-refractivity contribution in [3.05, 3.63) is 84.4 Å². The highest BCUT2D eigenvalue weighted by atomic mass is 32.2. The van der Waals surface area contributed by atoms with Gasteiger partial charge in [-0.25, -0.2) is 13.1 Å². The van der Waals surface area contributed by atoms with Crippen LogP contribution in [-0.2, 0) is 14.8 Å². The van der Waals surface area contributed by atoms with Gasteiger partial charge < -0.3 is 15.4 Å². The lowest BCUT2D eigenvalue weighted by Gasteiger charge is -2.10. The van der Waals surface area contributed by atoms with Crippen molar-refractivity contribution in [2.75, 3.05) is 18.4 Å². The Morgan fingerprint density at radius 1 is 0.818 bits per heavy atom. The van der Waals surface area contributed by atoms with Gasteiger partial charge in [-0.15, -0.1) is 0 Å². The van der Waals surface area contributed by atoms with E-state index >= 15 is 0 Å². The summed E-state index contributed by atoms with van der Waals surface area (Å²) in [6.45, 7) is 1.89. The van der Waals surface area contributed by atoms with Crippen LogP contribution in [0, 0.1) is 0 Å². The molecule has 3 rings (SSSR count). The minimum absolute atomic E-state index is 0.0288. The molecule has 0 aliphatic carbocycles. The molecule has 8 nitrogen and oxygen atoms in total. The fraction of sp³-hybridized carbons (Fsp3) is 0.167. The summed E-state index contributed by atoms with van der Waals surface area (Å²) in [5.74, 6) is 0.720. The number of anilines is 1. The number of carbonyl (C=O) groups excluding carboxylic acids is 2. The van der Waals surface area contributed by atoms with E-state index in [-0.39, 0.29) is 29.8 Å². The van der Waals surface area contributed by atoms with Crippen LogP contribution in [-0.4, -0.2) is 33.3 Å². The van der Waals surface area contributed by atoms with Crippen LogP contribution < -0.4 is 20.1 Å². The van der Waals surface area contributed by atoms with E-state index in [1.54, 1.807) is 55.5 Å². The van der Waals surface area contributed by atoms with Gasteiger partial charge in [-0.3, -0.25) is 9.59 Å². The van der Waals surface area contributed by atoms with E-state index < -0.39 is 10.0 Å². The van der Waals surface area contributed by atoms with E-state index in [0.717, 1.165) is 0 Å². The van der Waals surface area contributed by atoms with E-state index in [1.165, 1.54) is 12.1 Å². The number of rotatable bonds is 10. The Bertz CT molecular complexity index is 1180. The Balaban J connectivity index is 1.46. The first-order valence-corrected chi connectivity index (χ1v) is 11.9. The molecule has 0 atom stereocenters. The molecule has 0 bridgehead atoms. The van der Waals surface area contributed by atoms with Crippen LogP contribution in [0.2, 0.25) is 0 Å². The third-order valence-electron chi connectivity index (χ3n) is 4.57. The molecule has 0 aliphatic rings. The Morgan fingerprint density at radius 2 is 1.45 bits per heavy atom. The van der Waals surface area contributed by atoms with Crippen molar-refractivity contribution in [3.8, 4) is 11.5 Å². The zero-order valence-corrected chi connectivity index (χ0v) is 18.9. The molecule has 0 unspecified atom stereocenters. The van der Waals surface area contributed by atoms with Crippen LogP contribution in [0.25, 0.3) is 0 Å². The van der Waals surface area contributed by atoms with Gasteiger partial charge in [-0.2, -0.15) is 0 Å². The zero-order chi connectivity index (χ0) is 23.7. The summed E-state index contributed by atoms with van der Waals surface area (Å²) in [6, 6.07) is 21.7. The Kier molecular flexibility index (Phi) is 8.17. The van der Waals surface area contributed by atoms with Crippen molar-refractivity contribution in [1.29, 1.82) is 0 Å². The van der Waals surface area contributed by atoms with Crippen LogP contribution in [0.5, 0.6) is 11.5 Å². The minimum Gasteiger partial charge on any atom is -0.457 e. The summed E-state index contributed by atoms with van der Waals surface area (Å²) in [5.41, 5.74) is 1.01. The van der Waals surface area contributed by atoms with Gasteiger partial charge in [0.15, 0.2) is 0 Å². The van der Waals surface area contributed by atoms with Gasteiger partial charge in [0.05, 0.1) is 4.90 Å². The van der Waals surface area contributed by atoms with E-state index in [1.807, 2.05) is 18.2 Å². The molecule has 2 amide bonds. The molecule has 3 aromatic rings. The summed E-state index contributed by atoms with van der Waals surface area (Å²) >= 11 is 0. The normalized spacial score (nSPS) is 10.9. The number of hydrogen-bond acceptors (Lipinski definition) is 5. The molecule has 9 heteroatoms. The van der Waals surface area contributed by atoms with Gasteiger partial charge in [0.1, 0.15) is 11.5 Å². The minimum atomic E-state index is -3.73. The quantitative estimate of drug-likeness (QED) is 0.395. The van der Waals surface area contributed by atoms with Crippen LogP contribution in [0.15, 0.2) is 83.8 Å². The molecule has 0 spiro atoms. The van der Waals surface area contributed by atoms with Gasteiger partial charge in [-0.05, 0) is 60.7 Å². The summed E-state index contributed by atoms with van der Waals surface area (Å²) in [5, 5.41) is 5.36. The standard InChI is InChI=1S/C24H25N3O5S/c1-2-23(28)27-19-10-8-18(9-11-19)24(29)25-16-17-26-33(30,31)22-14-12-21(13-15-22)32-20-6-4-3-5-7-20/h3-15,26H,2,16-17H2,1H3,(H,25,29)(H,27,28). The maximum Gasteiger partial charge on any atom is 0.251 e. The van der Waals surface area contributed by atoms with Gasteiger partial charge in [0, 0.05) is 30.8 Å². The number of benzene rings is 3. The lowest BCUT2D eigenvalue weighted by Crippen LogP contribution is -2.34. The number of para-hydroxylation sites is 1. The fourth-order valence-electron chi connectivity index (χ4n) is 2.81. The molecule has 0 saturated carbocycles. The van der Waals surface area contributed by atoms with Crippen molar-refractivity contribution < 1.29 is 22.7 Å². The topological polar surface area (TPSA) is 114 Å². The third-order valence-corrected chi connectivity index (χ3v) is 6.04. The van der Waals surface area contributed by atoms with Crippen LogP contribution in [0.1, 0.15) is 23.7 Å². The monoisotopic (exact) mass is 467 g/mol.